The predicted octanol–water partition coefficient (Wildman–Crippen LogP) is 7.76. The van der Waals surface area contributed by atoms with Gasteiger partial charge in [0.15, 0.2) is 0 Å². The van der Waals surface area contributed by atoms with Gasteiger partial charge in [-0.1, -0.05) is 84.4 Å². The van der Waals surface area contributed by atoms with Crippen LogP contribution in [-0.2, 0) is 32.5 Å². The molecule has 3 amide bonds. The van der Waals surface area contributed by atoms with E-state index in [1.165, 1.54) is 5.56 Å². The van der Waals surface area contributed by atoms with Gasteiger partial charge in [-0.25, -0.2) is 9.59 Å². The van der Waals surface area contributed by atoms with E-state index in [4.69, 9.17) is 16.3 Å². The standard InChI is InChI=1S/C36H35ClIN3O4/c1-2-45-34(43)28-12-8-13-31(22-28)40-35(44)39-23-33(42)41(24-26-9-4-3-5-10-26)36(38)29(21-25-15-19-30(37)20-16-25)18-17-27-11-6-7-14-32(27)36/h3-16,19-20,22,29H,2,17-18,21,23-24H2,1H3,(H2,39,40,44). The number of halogens is 2. The van der Waals surface area contributed by atoms with Crippen LogP contribution in [0, 0.1) is 5.92 Å². The average molecular weight is 736 g/mol. The molecule has 4 aromatic carbocycles. The van der Waals surface area contributed by atoms with Crippen LogP contribution in [0.1, 0.15) is 46.0 Å². The molecule has 0 heterocycles. The molecule has 4 aromatic rings. The van der Waals surface area contributed by atoms with Crippen molar-refractivity contribution < 1.29 is 19.1 Å². The minimum atomic E-state index is -0.689. The van der Waals surface area contributed by atoms with E-state index >= 15 is 0 Å². The first-order valence-electron chi connectivity index (χ1n) is 15.0. The summed E-state index contributed by atoms with van der Waals surface area (Å²) in [6, 6.07) is 32.1. The highest BCUT2D eigenvalue weighted by Crippen LogP contribution is 2.51. The molecule has 0 fully saturated rings. The van der Waals surface area contributed by atoms with Crippen molar-refractivity contribution in [3.05, 3.63) is 136 Å². The van der Waals surface area contributed by atoms with E-state index in [9.17, 15) is 14.4 Å². The number of rotatable bonds is 10. The van der Waals surface area contributed by atoms with Crippen LogP contribution >= 0.6 is 34.2 Å². The van der Waals surface area contributed by atoms with Crippen LogP contribution in [-0.4, -0.2) is 36.0 Å². The number of aryl methyl sites for hydroxylation is 1. The van der Waals surface area contributed by atoms with E-state index in [-0.39, 0.29) is 25.0 Å². The van der Waals surface area contributed by atoms with Gasteiger partial charge in [-0.15, -0.1) is 0 Å². The Hall–Kier alpha value is -3.89. The van der Waals surface area contributed by atoms with Gasteiger partial charge >= 0.3 is 12.0 Å². The Morgan fingerprint density at radius 3 is 2.42 bits per heavy atom. The van der Waals surface area contributed by atoms with Gasteiger partial charge in [-0.2, -0.15) is 0 Å². The second kappa shape index (κ2) is 14.9. The first-order valence-corrected chi connectivity index (χ1v) is 16.4. The maximum absolute atomic E-state index is 14.3. The zero-order chi connectivity index (χ0) is 31.8. The molecule has 0 aliphatic heterocycles. The van der Waals surface area contributed by atoms with Gasteiger partial charge < -0.3 is 20.3 Å². The van der Waals surface area contributed by atoms with Crippen LogP contribution in [0.25, 0.3) is 0 Å². The Kier molecular flexibility index (Phi) is 10.8. The topological polar surface area (TPSA) is 87.7 Å². The summed E-state index contributed by atoms with van der Waals surface area (Å²) in [4.78, 5) is 41.3. The number of anilines is 1. The lowest BCUT2D eigenvalue weighted by atomic mass is 9.75. The van der Waals surface area contributed by atoms with Crippen molar-refractivity contribution in [2.24, 2.45) is 5.92 Å². The van der Waals surface area contributed by atoms with Crippen LogP contribution in [0.2, 0.25) is 5.02 Å². The number of carbonyl (C=O) groups is 3. The van der Waals surface area contributed by atoms with Crippen LogP contribution in [0.5, 0.6) is 0 Å². The SMILES string of the molecule is CCOC(=O)c1cccc(NC(=O)NCC(=O)N(Cc2ccccc2)C2(I)c3ccccc3CCC2Cc2ccc(Cl)cc2)c1. The van der Waals surface area contributed by atoms with Crippen molar-refractivity contribution >= 4 is 57.8 Å². The van der Waals surface area contributed by atoms with Crippen LogP contribution in [0.4, 0.5) is 10.5 Å². The Balaban J connectivity index is 1.42. The monoisotopic (exact) mass is 735 g/mol. The van der Waals surface area contributed by atoms with E-state index < -0.39 is 15.5 Å². The largest absolute Gasteiger partial charge is 0.462 e. The minimum absolute atomic E-state index is 0.0984. The van der Waals surface area contributed by atoms with Gasteiger partial charge in [-0.05, 0) is 101 Å². The Labute approximate surface area is 282 Å². The third-order valence-electron chi connectivity index (χ3n) is 8.00. The van der Waals surface area contributed by atoms with Gasteiger partial charge in [0, 0.05) is 23.2 Å². The highest BCUT2D eigenvalue weighted by Gasteiger charge is 2.48. The molecule has 0 saturated carbocycles. The van der Waals surface area contributed by atoms with Gasteiger partial charge in [0.05, 0.1) is 18.7 Å². The summed E-state index contributed by atoms with van der Waals surface area (Å²) in [5.41, 5.74) is 5.23. The maximum atomic E-state index is 14.3. The molecule has 1 aliphatic carbocycles. The molecule has 45 heavy (non-hydrogen) atoms. The number of urea groups is 1. The normalized spacial score (nSPS) is 17.1. The van der Waals surface area contributed by atoms with Gasteiger partial charge in [0.2, 0.25) is 5.91 Å². The third-order valence-corrected chi connectivity index (χ3v) is 10.3. The number of carbonyl (C=O) groups excluding carboxylic acids is 3. The molecule has 0 radical (unpaired) electrons. The molecule has 2 N–H and O–H groups in total. The summed E-state index contributed by atoms with van der Waals surface area (Å²) in [6.07, 6.45) is 2.57. The number of nitrogens with zero attached hydrogens (tertiary/aromatic N) is 1. The number of alkyl halides is 1. The fourth-order valence-electron chi connectivity index (χ4n) is 5.85. The lowest BCUT2D eigenvalue weighted by Gasteiger charge is -2.49. The third kappa shape index (κ3) is 7.86. The van der Waals surface area contributed by atoms with Crippen LogP contribution in [0.15, 0.2) is 103 Å². The molecular formula is C36H35ClIN3O4. The van der Waals surface area contributed by atoms with Crippen molar-refractivity contribution in [3.63, 3.8) is 0 Å². The Morgan fingerprint density at radius 1 is 0.933 bits per heavy atom. The zero-order valence-corrected chi connectivity index (χ0v) is 27.9. The van der Waals surface area contributed by atoms with Crippen molar-refractivity contribution in [2.75, 3.05) is 18.5 Å². The highest BCUT2D eigenvalue weighted by molar-refractivity contribution is 14.1. The summed E-state index contributed by atoms with van der Waals surface area (Å²) < 4.78 is 4.37. The molecule has 2 unspecified atom stereocenters. The predicted molar refractivity (Wildman–Crippen MR) is 186 cm³/mol. The van der Waals surface area contributed by atoms with Gasteiger partial charge in [-0.3, -0.25) is 4.79 Å². The zero-order valence-electron chi connectivity index (χ0n) is 25.0. The van der Waals surface area contributed by atoms with Crippen LogP contribution in [0.3, 0.4) is 0 Å². The molecule has 0 saturated heterocycles. The molecule has 2 atom stereocenters. The molecular weight excluding hydrogens is 701 g/mol. The fraction of sp³-hybridized carbons (Fsp3) is 0.250. The lowest BCUT2D eigenvalue weighted by Crippen LogP contribution is -2.54. The summed E-state index contributed by atoms with van der Waals surface area (Å²) in [5.74, 6) is -0.579. The second-order valence-corrected chi connectivity index (χ2v) is 13.1. The molecule has 0 bridgehead atoms. The van der Waals surface area contributed by atoms with Crippen molar-refractivity contribution in [1.29, 1.82) is 0 Å². The fourth-order valence-corrected chi connectivity index (χ4v) is 7.47. The summed E-state index contributed by atoms with van der Waals surface area (Å²) in [7, 11) is 0. The molecule has 7 nitrogen and oxygen atoms in total. The lowest BCUT2D eigenvalue weighted by molar-refractivity contribution is -0.135. The van der Waals surface area contributed by atoms with Crippen LogP contribution < -0.4 is 10.6 Å². The molecule has 232 valence electrons. The molecule has 5 rings (SSSR count). The Morgan fingerprint density at radius 2 is 1.67 bits per heavy atom. The maximum Gasteiger partial charge on any atom is 0.338 e. The van der Waals surface area contributed by atoms with Gasteiger partial charge in [0.25, 0.3) is 0 Å². The first-order chi connectivity index (χ1) is 21.8. The van der Waals surface area contributed by atoms with Crippen molar-refractivity contribution in [1.82, 2.24) is 10.2 Å². The van der Waals surface area contributed by atoms with E-state index in [1.54, 1.807) is 31.2 Å². The second-order valence-electron chi connectivity index (χ2n) is 11.0. The summed E-state index contributed by atoms with van der Waals surface area (Å²) >= 11 is 8.67. The molecule has 9 heteroatoms. The number of fused-ring (bicyclic) bond motifs is 1. The van der Waals surface area contributed by atoms with Crippen molar-refractivity contribution in [3.8, 4) is 0 Å². The van der Waals surface area contributed by atoms with Crippen molar-refractivity contribution in [2.45, 2.75) is 36.3 Å². The average Bonchev–Trinajstić information content (AvgIpc) is 3.05. The number of esters is 1. The van der Waals surface area contributed by atoms with E-state index in [0.717, 1.165) is 36.0 Å². The quantitative estimate of drug-likeness (QED) is 0.0755. The van der Waals surface area contributed by atoms with E-state index in [2.05, 4.69) is 45.4 Å². The highest BCUT2D eigenvalue weighted by atomic mass is 127. The summed E-state index contributed by atoms with van der Waals surface area (Å²) in [5, 5.41) is 6.17. The summed E-state index contributed by atoms with van der Waals surface area (Å²) in [6.45, 7) is 2.15. The minimum Gasteiger partial charge on any atom is -0.462 e. The van der Waals surface area contributed by atoms with E-state index in [0.29, 0.717) is 22.8 Å². The number of benzene rings is 4. The number of nitrogens with one attached hydrogen (secondary N) is 2. The first kappa shape index (κ1) is 32.5. The van der Waals surface area contributed by atoms with Gasteiger partial charge in [0.1, 0.15) is 3.55 Å². The smallest absolute Gasteiger partial charge is 0.338 e. The number of hydrogen-bond acceptors (Lipinski definition) is 4. The molecule has 0 spiro atoms. The molecule has 0 aromatic heterocycles. The number of hydrogen-bond donors (Lipinski definition) is 2. The number of ether oxygens (including phenoxy) is 1. The number of amides is 3. The van der Waals surface area contributed by atoms with E-state index in [1.807, 2.05) is 71.6 Å². The molecule has 1 aliphatic rings. The Bertz CT molecular complexity index is 1650.